The van der Waals surface area contributed by atoms with E-state index in [2.05, 4.69) is 29.6 Å². The highest BCUT2D eigenvalue weighted by molar-refractivity contribution is 5.81. The fraction of sp³-hybridized carbons (Fsp3) is 0.423. The van der Waals surface area contributed by atoms with Gasteiger partial charge in [0.05, 0.1) is 18.4 Å². The van der Waals surface area contributed by atoms with Gasteiger partial charge in [0, 0.05) is 18.5 Å². The number of benzene rings is 2. The number of carbonyl (C=O) groups is 3. The average molecular weight is 451 g/mol. The van der Waals surface area contributed by atoms with E-state index in [-0.39, 0.29) is 31.3 Å². The molecule has 2 aliphatic rings. The van der Waals surface area contributed by atoms with Gasteiger partial charge < -0.3 is 20.1 Å². The second-order valence-electron chi connectivity index (χ2n) is 9.03. The summed E-state index contributed by atoms with van der Waals surface area (Å²) in [6.45, 7) is 4.21. The minimum atomic E-state index is -0.938. The lowest BCUT2D eigenvalue weighted by molar-refractivity contribution is -0.140. The van der Waals surface area contributed by atoms with Crippen molar-refractivity contribution in [3.63, 3.8) is 0 Å². The normalized spacial score (nSPS) is 16.3. The Bertz CT molecular complexity index is 1020. The van der Waals surface area contributed by atoms with Crippen LogP contribution in [0.3, 0.4) is 0 Å². The van der Waals surface area contributed by atoms with Gasteiger partial charge in [-0.2, -0.15) is 0 Å². The molecule has 4 rings (SSSR count). The zero-order valence-corrected chi connectivity index (χ0v) is 19.0. The van der Waals surface area contributed by atoms with Gasteiger partial charge in [0.15, 0.2) is 0 Å². The molecular formula is C26H30N2O5. The van der Waals surface area contributed by atoms with Crippen LogP contribution in [0.15, 0.2) is 48.5 Å². The van der Waals surface area contributed by atoms with E-state index in [4.69, 9.17) is 9.84 Å². The summed E-state index contributed by atoms with van der Waals surface area (Å²) in [4.78, 5) is 38.0. The molecule has 0 radical (unpaired) electrons. The van der Waals surface area contributed by atoms with E-state index in [9.17, 15) is 14.4 Å². The Morgan fingerprint density at radius 2 is 1.67 bits per heavy atom. The zero-order valence-electron chi connectivity index (χ0n) is 19.0. The number of hydrogen-bond acceptors (Lipinski definition) is 4. The number of nitrogens with one attached hydrogen (secondary N) is 1. The molecule has 1 atom stereocenters. The maximum Gasteiger partial charge on any atom is 0.407 e. The quantitative estimate of drug-likeness (QED) is 0.598. The van der Waals surface area contributed by atoms with Gasteiger partial charge in [-0.05, 0) is 48.9 Å². The summed E-state index contributed by atoms with van der Waals surface area (Å²) in [5.74, 6) is -1.11. The fourth-order valence-electron chi connectivity index (χ4n) is 4.84. The highest BCUT2D eigenvalue weighted by atomic mass is 16.5. The van der Waals surface area contributed by atoms with Crippen LogP contribution in [-0.4, -0.2) is 52.7 Å². The minimum Gasteiger partial charge on any atom is -0.481 e. The largest absolute Gasteiger partial charge is 0.481 e. The molecule has 1 saturated carbocycles. The maximum absolute atomic E-state index is 12.8. The van der Waals surface area contributed by atoms with E-state index in [1.54, 1.807) is 11.8 Å². The van der Waals surface area contributed by atoms with E-state index in [0.29, 0.717) is 19.4 Å². The number of rotatable bonds is 9. The van der Waals surface area contributed by atoms with E-state index in [1.807, 2.05) is 31.2 Å². The Hall–Kier alpha value is -3.35. The third-order valence-electron chi connectivity index (χ3n) is 6.72. The summed E-state index contributed by atoms with van der Waals surface area (Å²) in [7, 11) is 0. The molecule has 7 nitrogen and oxygen atoms in total. The van der Waals surface area contributed by atoms with Gasteiger partial charge in [0.2, 0.25) is 5.91 Å². The van der Waals surface area contributed by atoms with Gasteiger partial charge in [-0.1, -0.05) is 48.5 Å². The summed E-state index contributed by atoms with van der Waals surface area (Å²) < 4.78 is 5.63. The van der Waals surface area contributed by atoms with Crippen LogP contribution in [0.1, 0.15) is 56.6 Å². The van der Waals surface area contributed by atoms with Crippen molar-refractivity contribution in [2.45, 2.75) is 57.0 Å². The van der Waals surface area contributed by atoms with Crippen LogP contribution in [0.25, 0.3) is 11.1 Å². The van der Waals surface area contributed by atoms with Crippen molar-refractivity contribution >= 4 is 18.0 Å². The van der Waals surface area contributed by atoms with Crippen LogP contribution >= 0.6 is 0 Å². The number of fused-ring (bicyclic) bond motifs is 3. The van der Waals surface area contributed by atoms with Gasteiger partial charge >= 0.3 is 12.1 Å². The fourth-order valence-corrected chi connectivity index (χ4v) is 4.84. The second-order valence-corrected chi connectivity index (χ2v) is 9.03. The highest BCUT2D eigenvalue weighted by Crippen LogP contribution is 2.44. The highest BCUT2D eigenvalue weighted by Gasteiger charge is 2.47. The number of ether oxygens (including phenoxy) is 1. The third kappa shape index (κ3) is 4.87. The number of amides is 2. The van der Waals surface area contributed by atoms with Gasteiger partial charge in [-0.15, -0.1) is 0 Å². The van der Waals surface area contributed by atoms with Crippen LogP contribution < -0.4 is 5.32 Å². The number of carboxylic acids is 1. The Labute approximate surface area is 193 Å². The predicted molar refractivity (Wildman–Crippen MR) is 124 cm³/mol. The Morgan fingerprint density at radius 3 is 2.18 bits per heavy atom. The lowest BCUT2D eigenvalue weighted by atomic mass is 9.98. The van der Waals surface area contributed by atoms with Crippen molar-refractivity contribution in [3.05, 3.63) is 59.7 Å². The average Bonchev–Trinajstić information content (AvgIpc) is 3.44. The van der Waals surface area contributed by atoms with Crippen LogP contribution in [0, 0.1) is 0 Å². The SMILES string of the molecule is CCN(C(=O)CC1(NC(=O)OCC2c3ccccc3-c3ccccc32)CC1)C(C)CC(=O)O. The molecule has 0 bridgehead atoms. The zero-order chi connectivity index (χ0) is 23.6. The van der Waals surface area contributed by atoms with E-state index < -0.39 is 23.6 Å². The van der Waals surface area contributed by atoms with E-state index >= 15 is 0 Å². The molecule has 1 unspecified atom stereocenters. The summed E-state index contributed by atoms with van der Waals surface area (Å²) in [6, 6.07) is 15.9. The molecule has 0 heterocycles. The summed E-state index contributed by atoms with van der Waals surface area (Å²) >= 11 is 0. The first-order chi connectivity index (χ1) is 15.8. The molecule has 0 aliphatic heterocycles. The predicted octanol–water partition coefficient (Wildman–Crippen LogP) is 4.16. The lowest BCUT2D eigenvalue weighted by Gasteiger charge is -2.29. The molecule has 2 amide bonds. The summed E-state index contributed by atoms with van der Waals surface area (Å²) in [5.41, 5.74) is 4.03. The molecule has 0 spiro atoms. The van der Waals surface area contributed by atoms with Gasteiger partial charge in [-0.3, -0.25) is 9.59 Å². The standard InChI is InChI=1S/C26H30N2O5/c1-3-28(17(2)14-24(30)31)23(29)15-26(12-13-26)27-25(32)33-16-22-20-10-6-4-8-18(20)19-9-5-7-11-21(19)22/h4-11,17,22H,3,12-16H2,1-2H3,(H,27,32)(H,30,31). The number of alkyl carbamates (subject to hydrolysis) is 1. The number of nitrogens with zero attached hydrogens (tertiary/aromatic N) is 1. The topological polar surface area (TPSA) is 95.9 Å². The smallest absolute Gasteiger partial charge is 0.407 e. The second kappa shape index (κ2) is 9.25. The summed E-state index contributed by atoms with van der Waals surface area (Å²) in [6.07, 6.45) is 0.923. The summed E-state index contributed by atoms with van der Waals surface area (Å²) in [5, 5.41) is 11.9. The first-order valence-corrected chi connectivity index (χ1v) is 11.5. The minimum absolute atomic E-state index is 0.0209. The number of hydrogen-bond donors (Lipinski definition) is 2. The van der Waals surface area contributed by atoms with Gasteiger partial charge in [0.25, 0.3) is 0 Å². The molecular weight excluding hydrogens is 420 g/mol. The molecule has 0 aromatic heterocycles. The van der Waals surface area contributed by atoms with Crippen molar-refractivity contribution in [2.24, 2.45) is 0 Å². The number of aliphatic carboxylic acids is 1. The monoisotopic (exact) mass is 450 g/mol. The first kappa shape index (κ1) is 22.8. The number of carboxylic acid groups (broad SMARTS) is 1. The Balaban J connectivity index is 1.36. The molecule has 0 saturated heterocycles. The van der Waals surface area contributed by atoms with Crippen LogP contribution in [0.4, 0.5) is 4.79 Å². The van der Waals surface area contributed by atoms with Crippen molar-refractivity contribution < 1.29 is 24.2 Å². The van der Waals surface area contributed by atoms with E-state index in [0.717, 1.165) is 11.1 Å². The lowest BCUT2D eigenvalue weighted by Crippen LogP contribution is -2.45. The van der Waals surface area contributed by atoms with Crippen molar-refractivity contribution in [1.82, 2.24) is 10.2 Å². The van der Waals surface area contributed by atoms with Crippen LogP contribution in [-0.2, 0) is 14.3 Å². The molecule has 33 heavy (non-hydrogen) atoms. The molecule has 2 N–H and O–H groups in total. The molecule has 7 heteroatoms. The molecule has 2 aliphatic carbocycles. The van der Waals surface area contributed by atoms with Crippen molar-refractivity contribution in [1.29, 1.82) is 0 Å². The third-order valence-corrected chi connectivity index (χ3v) is 6.72. The molecule has 1 fully saturated rings. The first-order valence-electron chi connectivity index (χ1n) is 11.5. The van der Waals surface area contributed by atoms with E-state index in [1.165, 1.54) is 11.1 Å². The maximum atomic E-state index is 12.8. The van der Waals surface area contributed by atoms with Gasteiger partial charge in [-0.25, -0.2) is 4.79 Å². The molecule has 2 aromatic carbocycles. The van der Waals surface area contributed by atoms with Crippen molar-refractivity contribution in [2.75, 3.05) is 13.2 Å². The number of carbonyl (C=O) groups excluding carboxylic acids is 2. The van der Waals surface area contributed by atoms with Crippen molar-refractivity contribution in [3.8, 4) is 11.1 Å². The van der Waals surface area contributed by atoms with Crippen LogP contribution in [0.5, 0.6) is 0 Å². The van der Waals surface area contributed by atoms with Crippen LogP contribution in [0.2, 0.25) is 0 Å². The molecule has 2 aromatic rings. The van der Waals surface area contributed by atoms with Gasteiger partial charge in [0.1, 0.15) is 6.61 Å². The Morgan fingerprint density at radius 1 is 1.09 bits per heavy atom. The Kier molecular flexibility index (Phi) is 6.40. The molecule has 174 valence electrons.